The van der Waals surface area contributed by atoms with Crippen LogP contribution in [0.15, 0.2) is 30.5 Å². The Morgan fingerprint density at radius 2 is 2.00 bits per heavy atom. The van der Waals surface area contributed by atoms with Crippen LogP contribution in [0.3, 0.4) is 0 Å². The number of fused-ring (bicyclic) bond motifs is 3. The zero-order valence-electron chi connectivity index (χ0n) is 9.85. The fraction of sp³-hybridized carbons (Fsp3) is 0.0769. The summed E-state index contributed by atoms with van der Waals surface area (Å²) in [6, 6.07) is 7.46. The summed E-state index contributed by atoms with van der Waals surface area (Å²) in [7, 11) is 0. The number of pyridine rings is 1. The number of hydrogen-bond donors (Lipinski definition) is 0. The van der Waals surface area contributed by atoms with Crippen molar-refractivity contribution in [1.29, 1.82) is 0 Å². The van der Waals surface area contributed by atoms with Crippen LogP contribution in [0.4, 0.5) is 0 Å². The van der Waals surface area contributed by atoms with E-state index in [2.05, 4.69) is 4.98 Å². The van der Waals surface area contributed by atoms with Gasteiger partial charge in [-0.05, 0) is 30.7 Å². The van der Waals surface area contributed by atoms with E-state index in [1.165, 1.54) is 0 Å². The van der Waals surface area contributed by atoms with Gasteiger partial charge >= 0.3 is 0 Å². The zero-order chi connectivity index (χ0) is 12.9. The van der Waals surface area contributed by atoms with Crippen LogP contribution < -0.4 is 0 Å². The first-order valence-corrected chi connectivity index (χ1v) is 6.11. The Morgan fingerprint density at radius 3 is 2.68 bits per heavy atom. The molecule has 1 aromatic carbocycles. The normalized spacial score (nSPS) is 10.7. The van der Waals surface area contributed by atoms with Crippen molar-refractivity contribution in [3.8, 4) is 0 Å². The zero-order valence-corrected chi connectivity index (χ0v) is 12.2. The molecular formula is C13H9Cl3N2O. The molecule has 0 aliphatic heterocycles. The molecule has 0 bridgehead atoms. The van der Waals surface area contributed by atoms with Gasteiger partial charge in [0.25, 0.3) is 5.24 Å². The van der Waals surface area contributed by atoms with E-state index in [1.807, 2.05) is 24.3 Å². The van der Waals surface area contributed by atoms with Crippen LogP contribution in [0.5, 0.6) is 0 Å². The highest BCUT2D eigenvalue weighted by atomic mass is 35.5. The molecule has 0 aliphatic rings. The summed E-state index contributed by atoms with van der Waals surface area (Å²) in [4.78, 5) is 15.8. The summed E-state index contributed by atoms with van der Waals surface area (Å²) < 4.78 is 1.70. The Bertz CT molecular complexity index is 795. The maximum atomic E-state index is 11.4. The van der Waals surface area contributed by atoms with E-state index in [-0.39, 0.29) is 12.4 Å². The van der Waals surface area contributed by atoms with Crippen molar-refractivity contribution in [2.75, 3.05) is 0 Å². The van der Waals surface area contributed by atoms with Crippen molar-refractivity contribution in [2.45, 2.75) is 6.92 Å². The third-order valence-electron chi connectivity index (χ3n) is 2.96. The first-order chi connectivity index (χ1) is 8.59. The average molecular weight is 316 g/mol. The van der Waals surface area contributed by atoms with Crippen molar-refractivity contribution in [3.05, 3.63) is 46.9 Å². The van der Waals surface area contributed by atoms with Crippen molar-refractivity contribution in [3.63, 3.8) is 0 Å². The van der Waals surface area contributed by atoms with Gasteiger partial charge in [0, 0.05) is 22.0 Å². The van der Waals surface area contributed by atoms with Gasteiger partial charge in [-0.3, -0.25) is 9.20 Å². The first-order valence-electron chi connectivity index (χ1n) is 5.35. The van der Waals surface area contributed by atoms with Crippen LogP contribution in [0.1, 0.15) is 16.2 Å². The molecule has 0 N–H and O–H groups in total. The fourth-order valence-electron chi connectivity index (χ4n) is 2.17. The fourth-order valence-corrected chi connectivity index (χ4v) is 2.63. The molecule has 0 amide bonds. The van der Waals surface area contributed by atoms with E-state index in [0.29, 0.717) is 22.1 Å². The Balaban J connectivity index is 0.00000133. The Labute approximate surface area is 125 Å². The summed E-state index contributed by atoms with van der Waals surface area (Å²) >= 11 is 11.7. The van der Waals surface area contributed by atoms with Gasteiger partial charge in [0.05, 0.1) is 5.69 Å². The van der Waals surface area contributed by atoms with Crippen LogP contribution in [-0.4, -0.2) is 14.6 Å². The van der Waals surface area contributed by atoms with Crippen LogP contribution >= 0.6 is 35.6 Å². The molecular weight excluding hydrogens is 307 g/mol. The second kappa shape index (κ2) is 5.00. The number of aromatic nitrogens is 2. The number of rotatable bonds is 1. The molecule has 0 fully saturated rings. The minimum atomic E-state index is -0.513. The average Bonchev–Trinajstić information content (AvgIpc) is 2.66. The Morgan fingerprint density at radius 1 is 1.26 bits per heavy atom. The number of carbonyl (C=O) groups excluding carboxylic acids is 1. The molecule has 0 saturated carbocycles. The van der Waals surface area contributed by atoms with Gasteiger partial charge in [-0.2, -0.15) is 0 Å². The summed E-state index contributed by atoms with van der Waals surface area (Å²) in [6.45, 7) is 1.76. The monoisotopic (exact) mass is 314 g/mol. The van der Waals surface area contributed by atoms with E-state index in [9.17, 15) is 4.79 Å². The highest BCUT2D eigenvalue weighted by Gasteiger charge is 2.16. The topological polar surface area (TPSA) is 34.4 Å². The van der Waals surface area contributed by atoms with Crippen LogP contribution in [0.25, 0.3) is 16.4 Å². The van der Waals surface area contributed by atoms with Gasteiger partial charge in [0.15, 0.2) is 0 Å². The predicted octanol–water partition coefficient (Wildman–Crippen LogP) is 4.25. The number of aryl methyl sites for hydroxylation is 1. The molecule has 0 radical (unpaired) electrons. The van der Waals surface area contributed by atoms with E-state index in [4.69, 9.17) is 23.2 Å². The number of imidazole rings is 1. The molecule has 0 unspecified atom stereocenters. The molecule has 2 heterocycles. The second-order valence-corrected chi connectivity index (χ2v) is 4.78. The molecule has 0 saturated heterocycles. The van der Waals surface area contributed by atoms with Crippen molar-refractivity contribution in [2.24, 2.45) is 0 Å². The van der Waals surface area contributed by atoms with Crippen molar-refractivity contribution >= 4 is 57.3 Å². The van der Waals surface area contributed by atoms with Crippen LogP contribution in [-0.2, 0) is 0 Å². The quantitative estimate of drug-likeness (QED) is 0.629. The molecule has 3 aromatic rings. The highest BCUT2D eigenvalue weighted by Crippen LogP contribution is 2.27. The van der Waals surface area contributed by atoms with Crippen LogP contribution in [0.2, 0.25) is 5.02 Å². The van der Waals surface area contributed by atoms with Gasteiger partial charge in [-0.1, -0.05) is 23.7 Å². The number of carbonyl (C=O) groups is 1. The van der Waals surface area contributed by atoms with Gasteiger partial charge in [0.2, 0.25) is 0 Å². The molecule has 0 aliphatic carbocycles. The van der Waals surface area contributed by atoms with Gasteiger partial charge in [-0.25, -0.2) is 4.98 Å². The smallest absolute Gasteiger partial charge is 0.271 e. The molecule has 3 rings (SSSR count). The molecule has 3 nitrogen and oxygen atoms in total. The number of hydrogen-bond acceptors (Lipinski definition) is 2. The lowest BCUT2D eigenvalue weighted by atomic mass is 10.2. The number of nitrogens with zero attached hydrogens (tertiary/aromatic N) is 2. The molecule has 2 aromatic heterocycles. The van der Waals surface area contributed by atoms with Gasteiger partial charge in [0.1, 0.15) is 11.3 Å². The molecule has 0 spiro atoms. The lowest BCUT2D eigenvalue weighted by Gasteiger charge is -2.03. The first kappa shape index (κ1) is 14.1. The van der Waals surface area contributed by atoms with Gasteiger partial charge < -0.3 is 0 Å². The van der Waals surface area contributed by atoms with Crippen molar-refractivity contribution in [1.82, 2.24) is 9.38 Å². The third-order valence-corrected chi connectivity index (χ3v) is 3.46. The molecule has 0 atom stereocenters. The maximum absolute atomic E-state index is 11.4. The molecule has 19 heavy (non-hydrogen) atoms. The largest absolute Gasteiger partial charge is 0.295 e. The third kappa shape index (κ3) is 2.08. The summed E-state index contributed by atoms with van der Waals surface area (Å²) in [5.41, 5.74) is 1.70. The van der Waals surface area contributed by atoms with Gasteiger partial charge in [-0.15, -0.1) is 12.4 Å². The minimum Gasteiger partial charge on any atom is -0.295 e. The summed E-state index contributed by atoms with van der Waals surface area (Å²) in [5, 5.41) is 1.96. The van der Waals surface area contributed by atoms with E-state index in [1.54, 1.807) is 17.5 Å². The van der Waals surface area contributed by atoms with Crippen molar-refractivity contribution < 1.29 is 4.79 Å². The standard InChI is InChI=1S/C13H8Cl2N2O.ClH/c1-7-11(12(15)18)17-6-5-8-9(13(17)16-7)3-2-4-10(8)14;/h2-6H,1H3;1H. The number of halogens is 3. The maximum Gasteiger partial charge on any atom is 0.271 e. The molecule has 6 heteroatoms. The molecule has 98 valence electrons. The Kier molecular flexibility index (Phi) is 3.72. The van der Waals surface area contributed by atoms with E-state index < -0.39 is 5.24 Å². The summed E-state index contributed by atoms with van der Waals surface area (Å²) in [5.74, 6) is 0. The minimum absolute atomic E-state index is 0. The van der Waals surface area contributed by atoms with E-state index in [0.717, 1.165) is 10.8 Å². The number of benzene rings is 1. The SMILES string of the molecule is Cc1nc2c3cccc(Cl)c3ccn2c1C(=O)Cl.Cl. The summed E-state index contributed by atoms with van der Waals surface area (Å²) in [6.07, 6.45) is 1.76. The lowest BCUT2D eigenvalue weighted by Crippen LogP contribution is -1.98. The second-order valence-electron chi connectivity index (χ2n) is 4.03. The lowest BCUT2D eigenvalue weighted by molar-refractivity contribution is 0.107. The van der Waals surface area contributed by atoms with Crippen LogP contribution in [0, 0.1) is 6.92 Å². The Hall–Kier alpha value is -1.29. The van der Waals surface area contributed by atoms with E-state index >= 15 is 0 Å². The predicted molar refractivity (Wildman–Crippen MR) is 79.9 cm³/mol. The highest BCUT2D eigenvalue weighted by molar-refractivity contribution is 6.67.